The number of nitro benzene ring substituents is 1. The SMILES string of the molecule is CCOC(=O)COc1cc(F)c(N2C(=O)OC(=C(C)C)C2=O)cc1[N+](=O)[O-]. The van der Waals surface area contributed by atoms with Gasteiger partial charge in [0, 0.05) is 12.1 Å². The summed E-state index contributed by atoms with van der Waals surface area (Å²) >= 11 is 0. The second-order valence-electron chi connectivity index (χ2n) is 5.46. The average molecular weight is 382 g/mol. The van der Waals surface area contributed by atoms with Crippen LogP contribution >= 0.6 is 0 Å². The maximum Gasteiger partial charge on any atom is 0.427 e. The Morgan fingerprint density at radius 2 is 2.00 bits per heavy atom. The molecule has 0 N–H and O–H groups in total. The van der Waals surface area contributed by atoms with Crippen LogP contribution in [0.4, 0.5) is 20.6 Å². The summed E-state index contributed by atoms with van der Waals surface area (Å²) < 4.78 is 28.8. The number of hydrogen-bond donors (Lipinski definition) is 0. The highest BCUT2D eigenvalue weighted by Crippen LogP contribution is 2.37. The number of esters is 1. The fourth-order valence-electron chi connectivity index (χ4n) is 2.19. The van der Waals surface area contributed by atoms with E-state index in [0.717, 1.165) is 0 Å². The lowest BCUT2D eigenvalue weighted by atomic mass is 10.2. The number of allylic oxidation sites excluding steroid dienone is 1. The van der Waals surface area contributed by atoms with Gasteiger partial charge in [0.05, 0.1) is 17.2 Å². The van der Waals surface area contributed by atoms with Crippen molar-refractivity contribution in [3.05, 3.63) is 39.4 Å². The van der Waals surface area contributed by atoms with Gasteiger partial charge >= 0.3 is 23.7 Å². The Hall–Kier alpha value is -3.50. The third kappa shape index (κ3) is 4.02. The highest BCUT2D eigenvalue weighted by atomic mass is 19.1. The summed E-state index contributed by atoms with van der Waals surface area (Å²) in [5, 5.41) is 11.3. The number of ether oxygens (including phenoxy) is 3. The van der Waals surface area contributed by atoms with Gasteiger partial charge in [0.2, 0.25) is 5.75 Å². The number of hydrogen-bond acceptors (Lipinski definition) is 8. The topological polar surface area (TPSA) is 125 Å². The molecule has 1 aliphatic heterocycles. The maximum absolute atomic E-state index is 14.5. The van der Waals surface area contributed by atoms with E-state index in [2.05, 4.69) is 4.74 Å². The molecule has 10 nitrogen and oxygen atoms in total. The lowest BCUT2D eigenvalue weighted by Crippen LogP contribution is -2.29. The van der Waals surface area contributed by atoms with E-state index in [1.54, 1.807) is 6.92 Å². The van der Waals surface area contributed by atoms with Gasteiger partial charge in [-0.1, -0.05) is 0 Å². The lowest BCUT2D eigenvalue weighted by Gasteiger charge is -2.13. The van der Waals surface area contributed by atoms with Gasteiger partial charge in [0.25, 0.3) is 0 Å². The molecule has 2 amide bonds. The summed E-state index contributed by atoms with van der Waals surface area (Å²) in [6.07, 6.45) is -1.19. The number of carbonyl (C=O) groups excluding carboxylic acids is 3. The molecule has 1 saturated heterocycles. The average Bonchev–Trinajstić information content (AvgIpc) is 2.88. The maximum atomic E-state index is 14.5. The van der Waals surface area contributed by atoms with Crippen LogP contribution in [0.5, 0.6) is 5.75 Å². The number of benzene rings is 1. The van der Waals surface area contributed by atoms with E-state index in [1.807, 2.05) is 0 Å². The van der Waals surface area contributed by atoms with Crippen LogP contribution in [0.3, 0.4) is 0 Å². The molecule has 1 aliphatic rings. The van der Waals surface area contributed by atoms with E-state index < -0.39 is 52.4 Å². The fourth-order valence-corrected chi connectivity index (χ4v) is 2.19. The first kappa shape index (κ1) is 19.8. The van der Waals surface area contributed by atoms with Crippen molar-refractivity contribution < 1.29 is 37.9 Å². The molecule has 1 fully saturated rings. The van der Waals surface area contributed by atoms with Gasteiger partial charge in [-0.2, -0.15) is 0 Å². The van der Waals surface area contributed by atoms with Crippen LogP contribution in [0, 0.1) is 15.9 Å². The van der Waals surface area contributed by atoms with Gasteiger partial charge < -0.3 is 14.2 Å². The molecule has 1 aromatic rings. The quantitative estimate of drug-likeness (QED) is 0.318. The number of halogens is 1. The van der Waals surface area contributed by atoms with Crippen molar-refractivity contribution in [3.8, 4) is 5.75 Å². The van der Waals surface area contributed by atoms with Crippen molar-refractivity contribution in [1.82, 2.24) is 0 Å². The van der Waals surface area contributed by atoms with Crippen LogP contribution in [0.15, 0.2) is 23.5 Å². The van der Waals surface area contributed by atoms with Gasteiger partial charge in [0.1, 0.15) is 0 Å². The first-order valence-corrected chi connectivity index (χ1v) is 7.67. The lowest BCUT2D eigenvalue weighted by molar-refractivity contribution is -0.385. The van der Waals surface area contributed by atoms with E-state index in [4.69, 9.17) is 9.47 Å². The second kappa shape index (κ2) is 7.81. The van der Waals surface area contributed by atoms with E-state index in [-0.39, 0.29) is 12.4 Å². The van der Waals surface area contributed by atoms with E-state index >= 15 is 0 Å². The van der Waals surface area contributed by atoms with Gasteiger partial charge in [-0.25, -0.2) is 18.9 Å². The molecule has 27 heavy (non-hydrogen) atoms. The van der Waals surface area contributed by atoms with Crippen LogP contribution < -0.4 is 9.64 Å². The molecule has 0 saturated carbocycles. The summed E-state index contributed by atoms with van der Waals surface area (Å²) in [7, 11) is 0. The number of amides is 2. The number of nitrogens with zero attached hydrogens (tertiary/aromatic N) is 2. The standard InChI is InChI=1S/C16H15FN2O8/c1-4-25-13(20)7-26-12-5-9(17)10(6-11(12)19(23)24)18-15(21)14(8(2)3)27-16(18)22/h5-6H,4,7H2,1-3H3. The normalized spacial score (nSPS) is 13.5. The second-order valence-corrected chi connectivity index (χ2v) is 5.46. The van der Waals surface area contributed by atoms with Crippen LogP contribution in [-0.4, -0.2) is 36.1 Å². The van der Waals surface area contributed by atoms with Gasteiger partial charge in [0.15, 0.2) is 18.2 Å². The molecule has 0 radical (unpaired) electrons. The zero-order valence-corrected chi connectivity index (χ0v) is 14.6. The van der Waals surface area contributed by atoms with Crippen molar-refractivity contribution in [2.45, 2.75) is 20.8 Å². The predicted molar refractivity (Wildman–Crippen MR) is 87.5 cm³/mol. The van der Waals surface area contributed by atoms with Crippen LogP contribution in [0.2, 0.25) is 0 Å². The Bertz CT molecular complexity index is 860. The molecule has 2 rings (SSSR count). The summed E-state index contributed by atoms with van der Waals surface area (Å²) in [5.74, 6) is -3.75. The Morgan fingerprint density at radius 3 is 2.52 bits per heavy atom. The van der Waals surface area contributed by atoms with Crippen molar-refractivity contribution >= 4 is 29.3 Å². The molecule has 0 spiro atoms. The summed E-state index contributed by atoms with van der Waals surface area (Å²) in [6.45, 7) is 3.97. The van der Waals surface area contributed by atoms with Crippen molar-refractivity contribution in [2.24, 2.45) is 0 Å². The molecule has 0 aliphatic carbocycles. The number of carbonyl (C=O) groups is 3. The minimum absolute atomic E-state index is 0.0729. The summed E-state index contributed by atoms with van der Waals surface area (Å²) in [5.41, 5.74) is -1.04. The minimum atomic E-state index is -1.19. The first-order valence-electron chi connectivity index (χ1n) is 7.67. The molecule has 0 unspecified atom stereocenters. The highest BCUT2D eigenvalue weighted by molar-refractivity contribution is 6.23. The number of nitro groups is 1. The number of anilines is 1. The van der Waals surface area contributed by atoms with Gasteiger partial charge in [-0.3, -0.25) is 14.9 Å². The summed E-state index contributed by atoms with van der Waals surface area (Å²) in [4.78, 5) is 46.2. The smallest absolute Gasteiger partial charge is 0.427 e. The Morgan fingerprint density at radius 1 is 1.33 bits per heavy atom. The zero-order chi connectivity index (χ0) is 20.3. The monoisotopic (exact) mass is 382 g/mol. The van der Waals surface area contributed by atoms with E-state index in [1.165, 1.54) is 13.8 Å². The molecule has 1 heterocycles. The number of cyclic esters (lactones) is 1. The third-order valence-electron chi connectivity index (χ3n) is 3.34. The predicted octanol–water partition coefficient (Wildman–Crippen LogP) is 2.45. The van der Waals surface area contributed by atoms with Crippen LogP contribution in [0.25, 0.3) is 0 Å². The molecular formula is C16H15FN2O8. The molecule has 0 bridgehead atoms. The van der Waals surface area contributed by atoms with E-state index in [9.17, 15) is 28.9 Å². The van der Waals surface area contributed by atoms with Crippen molar-refractivity contribution in [3.63, 3.8) is 0 Å². The Kier molecular flexibility index (Phi) is 5.73. The Labute approximate surface area is 152 Å². The van der Waals surface area contributed by atoms with Crippen molar-refractivity contribution in [2.75, 3.05) is 18.1 Å². The van der Waals surface area contributed by atoms with Gasteiger partial charge in [-0.05, 0) is 26.3 Å². The van der Waals surface area contributed by atoms with E-state index in [0.29, 0.717) is 22.6 Å². The van der Waals surface area contributed by atoms with Crippen LogP contribution in [0.1, 0.15) is 20.8 Å². The van der Waals surface area contributed by atoms with Crippen molar-refractivity contribution in [1.29, 1.82) is 0 Å². The highest BCUT2D eigenvalue weighted by Gasteiger charge is 2.41. The summed E-state index contributed by atoms with van der Waals surface area (Å²) in [6, 6.07) is 1.26. The molecule has 11 heteroatoms. The van der Waals surface area contributed by atoms with Crippen LogP contribution in [-0.2, 0) is 19.1 Å². The molecule has 1 aromatic carbocycles. The molecule has 0 aromatic heterocycles. The number of rotatable bonds is 6. The zero-order valence-electron chi connectivity index (χ0n) is 14.6. The minimum Gasteiger partial charge on any atom is -0.475 e. The largest absolute Gasteiger partial charge is 0.475 e. The molecule has 144 valence electrons. The third-order valence-corrected chi connectivity index (χ3v) is 3.34. The number of imide groups is 1. The first-order chi connectivity index (χ1) is 12.7. The molecular weight excluding hydrogens is 367 g/mol. The fraction of sp³-hybridized carbons (Fsp3) is 0.312. The molecule has 0 atom stereocenters. The Balaban J connectivity index is 2.43. The van der Waals surface area contributed by atoms with Gasteiger partial charge in [-0.15, -0.1) is 0 Å².